The van der Waals surface area contributed by atoms with E-state index in [1.165, 1.54) is 0 Å². The molecule has 1 fully saturated rings. The van der Waals surface area contributed by atoms with E-state index >= 15 is 0 Å². The van der Waals surface area contributed by atoms with E-state index in [1.807, 2.05) is 41.5 Å². The standard InChI is InChI=1S/C13H26N2O3/c1-11(2,12(3,4)14)10(16)15-7-9-8-17-13(5,6)18-9/h9H,7-8,14H2,1-6H3,(H,15,16). The van der Waals surface area contributed by atoms with Crippen LogP contribution in [0.4, 0.5) is 0 Å². The van der Waals surface area contributed by atoms with Crippen molar-refractivity contribution in [3.05, 3.63) is 0 Å². The van der Waals surface area contributed by atoms with Crippen molar-refractivity contribution in [2.45, 2.75) is 59.0 Å². The molecule has 0 bridgehead atoms. The van der Waals surface area contributed by atoms with Gasteiger partial charge in [-0.3, -0.25) is 4.79 Å². The highest BCUT2D eigenvalue weighted by Gasteiger charge is 2.41. The Morgan fingerprint density at radius 2 is 1.94 bits per heavy atom. The Labute approximate surface area is 109 Å². The van der Waals surface area contributed by atoms with Gasteiger partial charge in [0.1, 0.15) is 6.10 Å². The minimum atomic E-state index is -0.637. The average Bonchev–Trinajstić information content (AvgIpc) is 2.52. The lowest BCUT2D eigenvalue weighted by atomic mass is 9.74. The Kier molecular flexibility index (Phi) is 4.10. The third kappa shape index (κ3) is 3.43. The predicted octanol–water partition coefficient (Wildman–Crippen LogP) is 1.02. The van der Waals surface area contributed by atoms with Crippen LogP contribution in [0.2, 0.25) is 0 Å². The van der Waals surface area contributed by atoms with Crippen molar-refractivity contribution in [1.29, 1.82) is 0 Å². The molecule has 0 radical (unpaired) electrons. The zero-order valence-electron chi connectivity index (χ0n) is 12.3. The molecule has 5 nitrogen and oxygen atoms in total. The lowest BCUT2D eigenvalue weighted by molar-refractivity contribution is -0.141. The molecule has 5 heteroatoms. The minimum absolute atomic E-state index is 0.0664. The monoisotopic (exact) mass is 258 g/mol. The van der Waals surface area contributed by atoms with E-state index in [0.717, 1.165) is 0 Å². The highest BCUT2D eigenvalue weighted by molar-refractivity contribution is 5.83. The van der Waals surface area contributed by atoms with Gasteiger partial charge < -0.3 is 20.5 Å². The van der Waals surface area contributed by atoms with E-state index in [-0.39, 0.29) is 12.0 Å². The van der Waals surface area contributed by atoms with Crippen LogP contribution in [0.15, 0.2) is 0 Å². The number of amides is 1. The van der Waals surface area contributed by atoms with Crippen LogP contribution in [0.3, 0.4) is 0 Å². The van der Waals surface area contributed by atoms with E-state index in [4.69, 9.17) is 15.2 Å². The number of ether oxygens (including phenoxy) is 2. The van der Waals surface area contributed by atoms with Crippen LogP contribution >= 0.6 is 0 Å². The van der Waals surface area contributed by atoms with Crippen molar-refractivity contribution in [2.75, 3.05) is 13.2 Å². The summed E-state index contributed by atoms with van der Waals surface area (Å²) in [5.74, 6) is -0.624. The zero-order valence-corrected chi connectivity index (χ0v) is 12.3. The van der Waals surface area contributed by atoms with Crippen LogP contribution in [0.1, 0.15) is 41.5 Å². The van der Waals surface area contributed by atoms with Gasteiger partial charge in [0.05, 0.1) is 12.0 Å². The Balaban J connectivity index is 2.48. The Morgan fingerprint density at radius 1 is 1.39 bits per heavy atom. The van der Waals surface area contributed by atoms with Crippen molar-refractivity contribution in [2.24, 2.45) is 11.1 Å². The minimum Gasteiger partial charge on any atom is -0.353 e. The van der Waals surface area contributed by atoms with Crippen LogP contribution in [0.25, 0.3) is 0 Å². The first-order valence-electron chi connectivity index (χ1n) is 6.35. The van der Waals surface area contributed by atoms with Gasteiger partial charge in [-0.25, -0.2) is 0 Å². The summed E-state index contributed by atoms with van der Waals surface area (Å²) in [6.07, 6.45) is -0.0966. The molecule has 0 aromatic carbocycles. The molecule has 0 saturated carbocycles. The fraction of sp³-hybridized carbons (Fsp3) is 0.923. The van der Waals surface area contributed by atoms with Crippen LogP contribution < -0.4 is 11.1 Å². The van der Waals surface area contributed by atoms with Crippen molar-refractivity contribution in [1.82, 2.24) is 5.32 Å². The molecule has 1 saturated heterocycles. The Morgan fingerprint density at radius 3 is 2.33 bits per heavy atom. The van der Waals surface area contributed by atoms with Crippen molar-refractivity contribution in [3.8, 4) is 0 Å². The number of rotatable bonds is 4. The summed E-state index contributed by atoms with van der Waals surface area (Å²) in [5, 5.41) is 2.89. The van der Waals surface area contributed by atoms with Gasteiger partial charge in [0, 0.05) is 12.1 Å². The summed E-state index contributed by atoms with van der Waals surface area (Å²) in [4.78, 5) is 12.1. The molecule has 0 aromatic heterocycles. The molecule has 1 unspecified atom stereocenters. The summed E-state index contributed by atoms with van der Waals surface area (Å²) in [6, 6.07) is 0. The Bertz CT molecular complexity index is 319. The molecule has 1 amide bonds. The number of hydrogen-bond donors (Lipinski definition) is 2. The van der Waals surface area contributed by atoms with E-state index in [1.54, 1.807) is 0 Å². The first-order valence-corrected chi connectivity index (χ1v) is 6.35. The first-order chi connectivity index (χ1) is 7.96. The van der Waals surface area contributed by atoms with Crippen molar-refractivity contribution < 1.29 is 14.3 Å². The first kappa shape index (κ1) is 15.4. The van der Waals surface area contributed by atoms with E-state index < -0.39 is 16.7 Å². The zero-order chi connectivity index (χ0) is 14.2. The fourth-order valence-corrected chi connectivity index (χ4v) is 1.58. The lowest BCUT2D eigenvalue weighted by Crippen LogP contribution is -2.56. The molecular formula is C13H26N2O3. The second kappa shape index (κ2) is 4.79. The summed E-state index contributed by atoms with van der Waals surface area (Å²) in [7, 11) is 0. The number of carbonyl (C=O) groups excluding carboxylic acids is 1. The van der Waals surface area contributed by atoms with Gasteiger partial charge in [0.15, 0.2) is 5.79 Å². The van der Waals surface area contributed by atoms with Crippen LogP contribution in [-0.2, 0) is 14.3 Å². The third-order valence-electron chi connectivity index (χ3n) is 3.74. The van der Waals surface area contributed by atoms with Crippen LogP contribution in [0, 0.1) is 5.41 Å². The van der Waals surface area contributed by atoms with Crippen LogP contribution in [0.5, 0.6) is 0 Å². The van der Waals surface area contributed by atoms with E-state index in [0.29, 0.717) is 13.2 Å². The summed E-state index contributed by atoms with van der Waals surface area (Å²) < 4.78 is 11.1. The average molecular weight is 258 g/mol. The highest BCUT2D eigenvalue weighted by atomic mass is 16.7. The van der Waals surface area contributed by atoms with E-state index in [9.17, 15) is 4.79 Å². The number of carbonyl (C=O) groups is 1. The largest absolute Gasteiger partial charge is 0.353 e. The van der Waals surface area contributed by atoms with Gasteiger partial charge in [0.2, 0.25) is 5.91 Å². The lowest BCUT2D eigenvalue weighted by Gasteiger charge is -2.37. The molecule has 0 spiro atoms. The molecule has 1 heterocycles. The topological polar surface area (TPSA) is 73.6 Å². The SMILES string of the molecule is CC1(C)OCC(CNC(=O)C(C)(C)C(C)(C)N)O1. The van der Waals surface area contributed by atoms with Gasteiger partial charge in [-0.05, 0) is 41.5 Å². The molecular weight excluding hydrogens is 232 g/mol. The number of nitrogens with two attached hydrogens (primary N) is 1. The summed E-state index contributed by atoms with van der Waals surface area (Å²) >= 11 is 0. The van der Waals surface area contributed by atoms with Gasteiger partial charge in [-0.15, -0.1) is 0 Å². The molecule has 1 rings (SSSR count). The molecule has 1 atom stereocenters. The molecule has 0 aliphatic carbocycles. The Hall–Kier alpha value is -0.650. The summed E-state index contributed by atoms with van der Waals surface area (Å²) in [6.45, 7) is 12.1. The number of hydrogen-bond acceptors (Lipinski definition) is 4. The van der Waals surface area contributed by atoms with Gasteiger partial charge in [-0.2, -0.15) is 0 Å². The van der Waals surface area contributed by atoms with Crippen molar-refractivity contribution in [3.63, 3.8) is 0 Å². The van der Waals surface area contributed by atoms with Gasteiger partial charge in [0.25, 0.3) is 0 Å². The molecule has 0 aromatic rings. The molecule has 18 heavy (non-hydrogen) atoms. The smallest absolute Gasteiger partial charge is 0.227 e. The maximum Gasteiger partial charge on any atom is 0.227 e. The highest BCUT2D eigenvalue weighted by Crippen LogP contribution is 2.28. The third-order valence-corrected chi connectivity index (χ3v) is 3.74. The maximum atomic E-state index is 12.1. The number of nitrogens with one attached hydrogen (secondary N) is 1. The maximum absolute atomic E-state index is 12.1. The molecule has 3 N–H and O–H groups in total. The molecule has 1 aliphatic heterocycles. The molecule has 106 valence electrons. The van der Waals surface area contributed by atoms with E-state index in [2.05, 4.69) is 5.32 Å². The van der Waals surface area contributed by atoms with Crippen LogP contribution in [-0.4, -0.2) is 36.5 Å². The second-order valence-electron chi connectivity index (χ2n) is 6.51. The van der Waals surface area contributed by atoms with Crippen molar-refractivity contribution >= 4 is 5.91 Å². The predicted molar refractivity (Wildman–Crippen MR) is 70.0 cm³/mol. The van der Waals surface area contributed by atoms with Gasteiger partial charge >= 0.3 is 0 Å². The quantitative estimate of drug-likeness (QED) is 0.789. The summed E-state index contributed by atoms with van der Waals surface area (Å²) in [5.41, 5.74) is 4.81. The molecule has 1 aliphatic rings. The fourth-order valence-electron chi connectivity index (χ4n) is 1.58. The normalized spacial score (nSPS) is 24.1. The second-order valence-corrected chi connectivity index (χ2v) is 6.51. The van der Waals surface area contributed by atoms with Gasteiger partial charge in [-0.1, -0.05) is 0 Å².